The molecule has 2 aromatic carbocycles. The number of esters is 1. The Kier molecular flexibility index (Phi) is 6.29. The van der Waals surface area contributed by atoms with E-state index < -0.39 is 28.5 Å². The predicted octanol–water partition coefficient (Wildman–Crippen LogP) is 2.15. The molecule has 132 valence electrons. The minimum Gasteiger partial charge on any atom is -0.452 e. The Labute approximate surface area is 153 Å². The van der Waals surface area contributed by atoms with E-state index in [4.69, 9.17) is 4.74 Å². The third-order valence-corrected chi connectivity index (χ3v) is 5.23. The van der Waals surface area contributed by atoms with Crippen LogP contribution in [0.4, 0.5) is 5.69 Å². The van der Waals surface area contributed by atoms with Crippen molar-refractivity contribution in [3.63, 3.8) is 0 Å². The number of carbonyl (C=O) groups is 2. The van der Waals surface area contributed by atoms with Crippen molar-refractivity contribution in [2.75, 3.05) is 19.0 Å². The molecule has 0 radical (unpaired) electrons. The van der Waals surface area contributed by atoms with Crippen molar-refractivity contribution in [1.82, 2.24) is 4.72 Å². The summed E-state index contributed by atoms with van der Waals surface area (Å²) >= 11 is 3.29. The first-order chi connectivity index (χ1) is 11.8. The molecule has 0 unspecified atom stereocenters. The molecule has 1 amide bonds. The van der Waals surface area contributed by atoms with E-state index in [1.165, 1.54) is 31.3 Å². The summed E-state index contributed by atoms with van der Waals surface area (Å²) in [5, 5.41) is 2.59. The Balaban J connectivity index is 2.00. The molecular weight excluding hydrogens is 412 g/mol. The van der Waals surface area contributed by atoms with Gasteiger partial charge in [-0.3, -0.25) is 4.79 Å². The van der Waals surface area contributed by atoms with Gasteiger partial charge >= 0.3 is 5.97 Å². The molecule has 0 spiro atoms. The second-order valence-electron chi connectivity index (χ2n) is 4.84. The van der Waals surface area contributed by atoms with Crippen molar-refractivity contribution < 1.29 is 22.7 Å². The number of sulfonamides is 1. The van der Waals surface area contributed by atoms with Gasteiger partial charge in [-0.1, -0.05) is 18.2 Å². The number of hydrogen-bond acceptors (Lipinski definition) is 5. The zero-order chi connectivity index (χ0) is 18.4. The average molecular weight is 427 g/mol. The first-order valence-corrected chi connectivity index (χ1v) is 9.36. The molecule has 0 fully saturated rings. The quantitative estimate of drug-likeness (QED) is 0.688. The normalized spacial score (nSPS) is 11.0. The number of rotatable bonds is 6. The first kappa shape index (κ1) is 19.1. The van der Waals surface area contributed by atoms with Gasteiger partial charge in [0.15, 0.2) is 6.61 Å². The number of halogens is 1. The van der Waals surface area contributed by atoms with Crippen molar-refractivity contribution in [2.45, 2.75) is 4.90 Å². The molecular formula is C16H15BrN2O5S. The molecule has 0 saturated heterocycles. The van der Waals surface area contributed by atoms with Gasteiger partial charge in [-0.2, -0.15) is 0 Å². The number of carbonyl (C=O) groups excluding carboxylic acids is 2. The summed E-state index contributed by atoms with van der Waals surface area (Å²) in [6.45, 7) is -0.497. The monoisotopic (exact) mass is 426 g/mol. The van der Waals surface area contributed by atoms with E-state index >= 15 is 0 Å². The highest BCUT2D eigenvalue weighted by molar-refractivity contribution is 9.10. The molecule has 9 heteroatoms. The predicted molar refractivity (Wildman–Crippen MR) is 95.7 cm³/mol. The van der Waals surface area contributed by atoms with Gasteiger partial charge in [0.2, 0.25) is 10.0 Å². The van der Waals surface area contributed by atoms with Crippen LogP contribution in [0.15, 0.2) is 57.9 Å². The maximum absolute atomic E-state index is 12.0. The van der Waals surface area contributed by atoms with E-state index in [1.54, 1.807) is 24.3 Å². The second-order valence-corrected chi connectivity index (χ2v) is 7.58. The van der Waals surface area contributed by atoms with Crippen LogP contribution in [-0.2, 0) is 19.6 Å². The molecule has 0 bridgehead atoms. The lowest BCUT2D eigenvalue weighted by molar-refractivity contribution is -0.119. The number of hydrogen-bond donors (Lipinski definition) is 2. The zero-order valence-corrected chi connectivity index (χ0v) is 15.6. The number of amides is 1. The topological polar surface area (TPSA) is 102 Å². The molecule has 0 aliphatic rings. The summed E-state index contributed by atoms with van der Waals surface area (Å²) in [5.74, 6) is -1.31. The van der Waals surface area contributed by atoms with Crippen molar-refractivity contribution in [3.05, 3.63) is 58.6 Å². The molecule has 0 saturated carbocycles. The van der Waals surface area contributed by atoms with E-state index in [9.17, 15) is 18.0 Å². The van der Waals surface area contributed by atoms with Crippen LogP contribution in [0.25, 0.3) is 0 Å². The molecule has 2 rings (SSSR count). The SMILES string of the molecule is CNS(=O)(=O)c1cccc(C(=O)OCC(=O)Nc2ccccc2Br)c1. The molecule has 25 heavy (non-hydrogen) atoms. The number of ether oxygens (including phenoxy) is 1. The minimum atomic E-state index is -3.67. The maximum atomic E-state index is 12.0. The lowest BCUT2D eigenvalue weighted by Crippen LogP contribution is -2.22. The zero-order valence-electron chi connectivity index (χ0n) is 13.2. The lowest BCUT2D eigenvalue weighted by atomic mass is 10.2. The Morgan fingerprint density at radius 3 is 2.52 bits per heavy atom. The fourth-order valence-corrected chi connectivity index (χ4v) is 3.03. The number of nitrogens with one attached hydrogen (secondary N) is 2. The van der Waals surface area contributed by atoms with E-state index in [0.29, 0.717) is 10.2 Å². The van der Waals surface area contributed by atoms with Crippen molar-refractivity contribution in [3.8, 4) is 0 Å². The van der Waals surface area contributed by atoms with Gasteiger partial charge in [0, 0.05) is 4.47 Å². The van der Waals surface area contributed by atoms with Gasteiger partial charge in [0.1, 0.15) is 0 Å². The summed E-state index contributed by atoms with van der Waals surface area (Å²) in [7, 11) is -2.40. The number of para-hydroxylation sites is 1. The molecule has 0 atom stereocenters. The highest BCUT2D eigenvalue weighted by Crippen LogP contribution is 2.21. The van der Waals surface area contributed by atoms with Crippen molar-refractivity contribution in [1.29, 1.82) is 0 Å². The van der Waals surface area contributed by atoms with Crippen LogP contribution in [-0.4, -0.2) is 33.9 Å². The van der Waals surface area contributed by atoms with Crippen LogP contribution in [0.3, 0.4) is 0 Å². The Bertz CT molecular complexity index is 899. The lowest BCUT2D eigenvalue weighted by Gasteiger charge is -2.09. The molecule has 0 aliphatic heterocycles. The fourth-order valence-electron chi connectivity index (χ4n) is 1.87. The van der Waals surface area contributed by atoms with Crippen LogP contribution in [0.5, 0.6) is 0 Å². The molecule has 2 N–H and O–H groups in total. The molecule has 0 aromatic heterocycles. The molecule has 7 nitrogen and oxygen atoms in total. The van der Waals surface area contributed by atoms with Gasteiger partial charge in [0.25, 0.3) is 5.91 Å². The van der Waals surface area contributed by atoms with Crippen LogP contribution >= 0.6 is 15.9 Å². The van der Waals surface area contributed by atoms with E-state index in [1.807, 2.05) is 0 Å². The standard InChI is InChI=1S/C16H15BrN2O5S/c1-18-25(22,23)12-6-4-5-11(9-12)16(21)24-10-15(20)19-14-8-3-2-7-13(14)17/h2-9,18H,10H2,1H3,(H,19,20). The van der Waals surface area contributed by atoms with Crippen LogP contribution in [0, 0.1) is 0 Å². The maximum Gasteiger partial charge on any atom is 0.338 e. The summed E-state index contributed by atoms with van der Waals surface area (Å²) < 4.78 is 31.3. The fraction of sp³-hybridized carbons (Fsp3) is 0.125. The van der Waals surface area contributed by atoms with Gasteiger partial charge in [-0.15, -0.1) is 0 Å². The Morgan fingerprint density at radius 2 is 1.84 bits per heavy atom. The Morgan fingerprint density at radius 1 is 1.12 bits per heavy atom. The summed E-state index contributed by atoms with van der Waals surface area (Å²) in [6.07, 6.45) is 0. The molecule has 2 aromatic rings. The summed E-state index contributed by atoms with van der Waals surface area (Å²) in [5.41, 5.74) is 0.579. The van der Waals surface area contributed by atoms with Crippen LogP contribution < -0.4 is 10.0 Å². The summed E-state index contributed by atoms with van der Waals surface area (Å²) in [6, 6.07) is 12.4. The van der Waals surface area contributed by atoms with Crippen molar-refractivity contribution >= 4 is 43.5 Å². The number of anilines is 1. The second kappa shape index (κ2) is 8.24. The van der Waals surface area contributed by atoms with Crippen LogP contribution in [0.1, 0.15) is 10.4 Å². The highest BCUT2D eigenvalue weighted by atomic mass is 79.9. The summed E-state index contributed by atoms with van der Waals surface area (Å²) in [4.78, 5) is 23.8. The van der Waals surface area contributed by atoms with E-state index in [0.717, 1.165) is 0 Å². The third kappa shape index (κ3) is 5.12. The average Bonchev–Trinajstić information content (AvgIpc) is 2.61. The van der Waals surface area contributed by atoms with E-state index in [2.05, 4.69) is 26.0 Å². The van der Waals surface area contributed by atoms with Gasteiger partial charge in [-0.25, -0.2) is 17.9 Å². The number of benzene rings is 2. The molecule has 0 aliphatic carbocycles. The minimum absolute atomic E-state index is 0.0324. The highest BCUT2D eigenvalue weighted by Gasteiger charge is 2.16. The largest absolute Gasteiger partial charge is 0.452 e. The smallest absolute Gasteiger partial charge is 0.338 e. The van der Waals surface area contributed by atoms with Gasteiger partial charge in [0.05, 0.1) is 16.1 Å². The van der Waals surface area contributed by atoms with Gasteiger partial charge in [-0.05, 0) is 53.3 Å². The van der Waals surface area contributed by atoms with Gasteiger partial charge < -0.3 is 10.1 Å². The van der Waals surface area contributed by atoms with Crippen molar-refractivity contribution in [2.24, 2.45) is 0 Å². The third-order valence-electron chi connectivity index (χ3n) is 3.13. The molecule has 0 heterocycles. The first-order valence-electron chi connectivity index (χ1n) is 7.08. The van der Waals surface area contributed by atoms with E-state index in [-0.39, 0.29) is 10.5 Å². The van der Waals surface area contributed by atoms with Crippen LogP contribution in [0.2, 0.25) is 0 Å². The Hall–Kier alpha value is -2.23.